The van der Waals surface area contributed by atoms with E-state index < -0.39 is 0 Å². The van der Waals surface area contributed by atoms with Crippen molar-refractivity contribution < 1.29 is 9.53 Å². The maximum absolute atomic E-state index is 12.1. The number of morpholine rings is 1. The first kappa shape index (κ1) is 16.3. The predicted molar refractivity (Wildman–Crippen MR) is 96.3 cm³/mol. The Balaban J connectivity index is 1.53. The number of hydrogen-bond acceptors (Lipinski definition) is 4. The van der Waals surface area contributed by atoms with Gasteiger partial charge in [0.15, 0.2) is 0 Å². The van der Waals surface area contributed by atoms with E-state index in [-0.39, 0.29) is 12.5 Å². The van der Waals surface area contributed by atoms with Gasteiger partial charge in [-0.05, 0) is 17.7 Å². The van der Waals surface area contributed by atoms with Crippen LogP contribution in [0.15, 0.2) is 54.6 Å². The van der Waals surface area contributed by atoms with Gasteiger partial charge in [0.2, 0.25) is 5.91 Å². The fourth-order valence-electron chi connectivity index (χ4n) is 2.74. The lowest BCUT2D eigenvalue weighted by Gasteiger charge is -2.30. The van der Waals surface area contributed by atoms with Crippen molar-refractivity contribution in [3.8, 4) is 0 Å². The Morgan fingerprint density at radius 2 is 1.71 bits per heavy atom. The highest BCUT2D eigenvalue weighted by Crippen LogP contribution is 2.25. The lowest BCUT2D eigenvalue weighted by molar-refractivity contribution is -0.119. The summed E-state index contributed by atoms with van der Waals surface area (Å²) in [5.74, 6) is -0.0179. The Morgan fingerprint density at radius 1 is 1.00 bits per heavy atom. The number of nitrogens with zero attached hydrogens (tertiary/aromatic N) is 1. The van der Waals surface area contributed by atoms with Gasteiger partial charge in [-0.1, -0.05) is 42.5 Å². The number of carbonyl (C=O) groups excluding carboxylic acids is 1. The van der Waals surface area contributed by atoms with Crippen molar-refractivity contribution in [2.75, 3.05) is 43.1 Å². The number of rotatable bonds is 6. The fraction of sp³-hybridized carbons (Fsp3) is 0.316. The molecule has 1 aliphatic rings. The van der Waals surface area contributed by atoms with Gasteiger partial charge >= 0.3 is 0 Å². The largest absolute Gasteiger partial charge is 0.378 e. The molecule has 1 saturated heterocycles. The molecular formula is C19H23N3O2. The second-order valence-electron chi connectivity index (χ2n) is 5.73. The third-order valence-corrected chi connectivity index (χ3v) is 4.03. The summed E-state index contributed by atoms with van der Waals surface area (Å²) < 4.78 is 5.41. The van der Waals surface area contributed by atoms with E-state index in [1.54, 1.807) is 0 Å². The van der Waals surface area contributed by atoms with Gasteiger partial charge < -0.3 is 20.3 Å². The molecule has 0 atom stereocenters. The molecule has 126 valence electrons. The van der Waals surface area contributed by atoms with Crippen LogP contribution in [-0.2, 0) is 16.1 Å². The number of para-hydroxylation sites is 2. The highest BCUT2D eigenvalue weighted by molar-refractivity contribution is 5.82. The fourth-order valence-corrected chi connectivity index (χ4v) is 2.74. The smallest absolute Gasteiger partial charge is 0.239 e. The minimum Gasteiger partial charge on any atom is -0.378 e. The highest BCUT2D eigenvalue weighted by atomic mass is 16.5. The van der Waals surface area contributed by atoms with Gasteiger partial charge in [-0.25, -0.2) is 0 Å². The Hall–Kier alpha value is -2.53. The third kappa shape index (κ3) is 4.49. The third-order valence-electron chi connectivity index (χ3n) is 4.03. The molecule has 3 rings (SSSR count). The van der Waals surface area contributed by atoms with Crippen LogP contribution in [0.3, 0.4) is 0 Å². The van der Waals surface area contributed by atoms with Gasteiger partial charge in [0.05, 0.1) is 31.1 Å². The van der Waals surface area contributed by atoms with Gasteiger partial charge in [0.25, 0.3) is 0 Å². The molecule has 1 aliphatic heterocycles. The lowest BCUT2D eigenvalue weighted by Crippen LogP contribution is -2.37. The van der Waals surface area contributed by atoms with Gasteiger partial charge in [-0.3, -0.25) is 4.79 Å². The SMILES string of the molecule is O=C(CNc1ccccc1N1CCOCC1)NCc1ccccc1. The Bertz CT molecular complexity index is 655. The summed E-state index contributed by atoms with van der Waals surface area (Å²) >= 11 is 0. The van der Waals surface area contributed by atoms with E-state index >= 15 is 0 Å². The van der Waals surface area contributed by atoms with E-state index in [2.05, 4.69) is 21.6 Å². The molecule has 2 N–H and O–H groups in total. The zero-order valence-electron chi connectivity index (χ0n) is 13.7. The maximum atomic E-state index is 12.1. The zero-order chi connectivity index (χ0) is 16.6. The molecule has 0 spiro atoms. The first-order chi connectivity index (χ1) is 11.8. The van der Waals surface area contributed by atoms with Gasteiger partial charge in [0.1, 0.15) is 0 Å². The van der Waals surface area contributed by atoms with Crippen LogP contribution < -0.4 is 15.5 Å². The van der Waals surface area contributed by atoms with Crippen LogP contribution in [0.4, 0.5) is 11.4 Å². The Labute approximate surface area is 142 Å². The summed E-state index contributed by atoms with van der Waals surface area (Å²) in [6, 6.07) is 18.0. The van der Waals surface area contributed by atoms with E-state index in [9.17, 15) is 4.79 Å². The topological polar surface area (TPSA) is 53.6 Å². The van der Waals surface area contributed by atoms with Crippen LogP contribution in [0.5, 0.6) is 0 Å². The van der Waals surface area contributed by atoms with Crippen molar-refractivity contribution in [1.29, 1.82) is 0 Å². The molecule has 0 aromatic heterocycles. The molecule has 0 unspecified atom stereocenters. The summed E-state index contributed by atoms with van der Waals surface area (Å²) in [5, 5.41) is 6.19. The molecule has 5 nitrogen and oxygen atoms in total. The molecule has 0 aliphatic carbocycles. The van der Waals surface area contributed by atoms with Gasteiger partial charge in [-0.2, -0.15) is 0 Å². The molecule has 2 aromatic carbocycles. The first-order valence-electron chi connectivity index (χ1n) is 8.29. The predicted octanol–water partition coefficient (Wildman–Crippen LogP) is 2.25. The van der Waals surface area contributed by atoms with E-state index in [1.165, 1.54) is 0 Å². The average molecular weight is 325 g/mol. The van der Waals surface area contributed by atoms with Crippen molar-refractivity contribution in [3.05, 3.63) is 60.2 Å². The minimum absolute atomic E-state index is 0.0179. The number of ether oxygens (including phenoxy) is 1. The van der Waals surface area contributed by atoms with Crippen LogP contribution in [-0.4, -0.2) is 38.8 Å². The molecule has 1 heterocycles. The summed E-state index contributed by atoms with van der Waals surface area (Å²) in [6.45, 7) is 4.04. The molecule has 24 heavy (non-hydrogen) atoms. The van der Waals surface area contributed by atoms with Crippen LogP contribution in [0.1, 0.15) is 5.56 Å². The Morgan fingerprint density at radius 3 is 2.50 bits per heavy atom. The van der Waals surface area contributed by atoms with E-state index in [0.717, 1.165) is 43.2 Å². The molecule has 0 radical (unpaired) electrons. The van der Waals surface area contributed by atoms with E-state index in [4.69, 9.17) is 4.74 Å². The van der Waals surface area contributed by atoms with Gasteiger partial charge in [0, 0.05) is 19.6 Å². The quantitative estimate of drug-likeness (QED) is 0.855. The monoisotopic (exact) mass is 325 g/mol. The van der Waals surface area contributed by atoms with E-state index in [0.29, 0.717) is 6.54 Å². The standard InChI is InChI=1S/C19H23N3O2/c23-19(21-14-16-6-2-1-3-7-16)15-20-17-8-4-5-9-18(17)22-10-12-24-13-11-22/h1-9,20H,10-15H2,(H,21,23). The van der Waals surface area contributed by atoms with Crippen molar-refractivity contribution in [2.24, 2.45) is 0 Å². The maximum Gasteiger partial charge on any atom is 0.239 e. The number of anilines is 2. The van der Waals surface area contributed by atoms with Gasteiger partial charge in [-0.15, -0.1) is 0 Å². The number of amides is 1. The highest BCUT2D eigenvalue weighted by Gasteiger charge is 2.14. The molecule has 2 aromatic rings. The zero-order valence-corrected chi connectivity index (χ0v) is 13.7. The summed E-state index contributed by atoms with van der Waals surface area (Å²) in [4.78, 5) is 14.4. The number of nitrogens with one attached hydrogen (secondary N) is 2. The normalized spacial score (nSPS) is 14.2. The lowest BCUT2D eigenvalue weighted by atomic mass is 10.2. The van der Waals surface area contributed by atoms with Crippen molar-refractivity contribution in [3.63, 3.8) is 0 Å². The summed E-state index contributed by atoms with van der Waals surface area (Å²) in [6.07, 6.45) is 0. The average Bonchev–Trinajstić information content (AvgIpc) is 2.66. The van der Waals surface area contributed by atoms with Crippen LogP contribution in [0, 0.1) is 0 Å². The molecule has 0 bridgehead atoms. The Kier molecular flexibility index (Phi) is 5.69. The number of hydrogen-bond donors (Lipinski definition) is 2. The van der Waals surface area contributed by atoms with Crippen molar-refractivity contribution in [1.82, 2.24) is 5.32 Å². The summed E-state index contributed by atoms with van der Waals surface area (Å²) in [7, 11) is 0. The number of benzene rings is 2. The molecule has 0 saturated carbocycles. The number of carbonyl (C=O) groups is 1. The van der Waals surface area contributed by atoms with Crippen molar-refractivity contribution >= 4 is 17.3 Å². The molecule has 1 amide bonds. The molecule has 1 fully saturated rings. The van der Waals surface area contributed by atoms with Crippen LogP contribution in [0.25, 0.3) is 0 Å². The second-order valence-corrected chi connectivity index (χ2v) is 5.73. The minimum atomic E-state index is -0.0179. The van der Waals surface area contributed by atoms with Crippen LogP contribution >= 0.6 is 0 Å². The first-order valence-corrected chi connectivity index (χ1v) is 8.29. The molecular weight excluding hydrogens is 302 g/mol. The van der Waals surface area contributed by atoms with Crippen LogP contribution in [0.2, 0.25) is 0 Å². The van der Waals surface area contributed by atoms with Crippen molar-refractivity contribution in [2.45, 2.75) is 6.54 Å². The second kappa shape index (κ2) is 8.36. The summed E-state index contributed by atoms with van der Waals surface area (Å²) in [5.41, 5.74) is 3.20. The van der Waals surface area contributed by atoms with E-state index in [1.807, 2.05) is 48.5 Å². The molecule has 5 heteroatoms.